The Balaban J connectivity index is 2.07. The highest BCUT2D eigenvalue weighted by atomic mass is 16.5. The molecule has 112 valence electrons. The van der Waals surface area contributed by atoms with Gasteiger partial charge in [0.05, 0.1) is 18.8 Å². The van der Waals surface area contributed by atoms with Gasteiger partial charge in [-0.05, 0) is 25.0 Å². The molecule has 0 saturated carbocycles. The van der Waals surface area contributed by atoms with Crippen LogP contribution in [-0.4, -0.2) is 27.0 Å². The van der Waals surface area contributed by atoms with E-state index in [0.29, 0.717) is 5.92 Å². The average molecular weight is 285 g/mol. The SMILES string of the molecule is CC1COC(C)(C)C(C)(Cn2cncn2)c2ccc1cc2. The minimum atomic E-state index is -0.295. The van der Waals surface area contributed by atoms with Crippen molar-refractivity contribution in [3.05, 3.63) is 48.0 Å². The third kappa shape index (κ3) is 2.38. The normalized spacial score (nSPS) is 27.9. The molecule has 2 aromatic rings. The van der Waals surface area contributed by atoms with Crippen LogP contribution in [0.3, 0.4) is 0 Å². The second-order valence-electron chi connectivity index (χ2n) is 6.77. The number of benzene rings is 1. The van der Waals surface area contributed by atoms with Gasteiger partial charge in [-0.2, -0.15) is 5.10 Å². The summed E-state index contributed by atoms with van der Waals surface area (Å²) in [6, 6.07) is 8.92. The first-order valence-corrected chi connectivity index (χ1v) is 7.49. The zero-order valence-electron chi connectivity index (χ0n) is 13.2. The van der Waals surface area contributed by atoms with Gasteiger partial charge in [0, 0.05) is 11.3 Å². The summed E-state index contributed by atoms with van der Waals surface area (Å²) in [6.07, 6.45) is 3.35. The third-order valence-corrected chi connectivity index (χ3v) is 5.08. The molecule has 1 aromatic heterocycles. The highest BCUT2D eigenvalue weighted by molar-refractivity contribution is 5.33. The molecule has 2 aliphatic heterocycles. The van der Waals surface area contributed by atoms with E-state index in [0.717, 1.165) is 13.2 Å². The van der Waals surface area contributed by atoms with E-state index < -0.39 is 0 Å². The van der Waals surface area contributed by atoms with Crippen LogP contribution in [0.2, 0.25) is 0 Å². The van der Waals surface area contributed by atoms with Gasteiger partial charge in [0.15, 0.2) is 0 Å². The van der Waals surface area contributed by atoms with E-state index in [4.69, 9.17) is 4.74 Å². The monoisotopic (exact) mass is 285 g/mol. The molecule has 4 rings (SSSR count). The fraction of sp³-hybridized carbons (Fsp3) is 0.529. The van der Waals surface area contributed by atoms with Crippen molar-refractivity contribution in [3.8, 4) is 0 Å². The summed E-state index contributed by atoms with van der Waals surface area (Å²) in [6.45, 7) is 10.3. The highest BCUT2D eigenvalue weighted by Gasteiger charge is 2.45. The molecule has 0 saturated heterocycles. The minimum Gasteiger partial charge on any atom is -0.374 e. The van der Waals surface area contributed by atoms with E-state index in [1.807, 2.05) is 4.68 Å². The lowest BCUT2D eigenvalue weighted by Gasteiger charge is -2.44. The van der Waals surface area contributed by atoms with Crippen LogP contribution < -0.4 is 0 Å². The van der Waals surface area contributed by atoms with E-state index in [1.54, 1.807) is 12.7 Å². The van der Waals surface area contributed by atoms with Crippen molar-refractivity contribution >= 4 is 0 Å². The summed E-state index contributed by atoms with van der Waals surface area (Å²) < 4.78 is 8.21. The smallest absolute Gasteiger partial charge is 0.137 e. The Morgan fingerprint density at radius 1 is 1.24 bits per heavy atom. The standard InChI is InChI=1S/C17H23N3O/c1-13-9-21-16(2,3)17(4,10-20-12-18-11-19-20)15-7-5-14(13)6-8-15/h5-8,11-13H,9-10H2,1-4H3. The molecule has 3 heterocycles. The first-order chi connectivity index (χ1) is 9.92. The lowest BCUT2D eigenvalue weighted by molar-refractivity contribution is -0.0808. The van der Waals surface area contributed by atoms with Crippen molar-refractivity contribution in [1.82, 2.24) is 14.8 Å². The lowest BCUT2D eigenvalue weighted by atomic mass is 9.70. The molecule has 0 fully saturated rings. The number of rotatable bonds is 2. The molecular formula is C17H23N3O. The van der Waals surface area contributed by atoms with Crippen molar-refractivity contribution in [3.63, 3.8) is 0 Å². The van der Waals surface area contributed by atoms with Crippen molar-refractivity contribution < 1.29 is 4.74 Å². The molecule has 21 heavy (non-hydrogen) atoms. The first-order valence-electron chi connectivity index (χ1n) is 7.49. The molecule has 2 aliphatic rings. The number of aromatic nitrogens is 3. The van der Waals surface area contributed by atoms with Gasteiger partial charge in [-0.15, -0.1) is 0 Å². The van der Waals surface area contributed by atoms with Crippen molar-refractivity contribution in [2.75, 3.05) is 6.61 Å². The van der Waals surface area contributed by atoms with Gasteiger partial charge in [-0.3, -0.25) is 4.68 Å². The number of hydrogen-bond donors (Lipinski definition) is 0. The summed E-state index contributed by atoms with van der Waals surface area (Å²) in [5.41, 5.74) is 2.14. The predicted octanol–water partition coefficient (Wildman–Crippen LogP) is 3.15. The van der Waals surface area contributed by atoms with E-state index in [1.165, 1.54) is 11.1 Å². The largest absolute Gasteiger partial charge is 0.374 e. The van der Waals surface area contributed by atoms with Crippen molar-refractivity contribution in [2.45, 2.75) is 51.2 Å². The predicted molar refractivity (Wildman–Crippen MR) is 82.3 cm³/mol. The maximum absolute atomic E-state index is 6.32. The molecule has 0 N–H and O–H groups in total. The van der Waals surface area contributed by atoms with Crippen LogP contribution in [-0.2, 0) is 16.7 Å². The quantitative estimate of drug-likeness (QED) is 0.851. The summed E-state index contributed by atoms with van der Waals surface area (Å²) in [7, 11) is 0. The Morgan fingerprint density at radius 3 is 2.57 bits per heavy atom. The summed E-state index contributed by atoms with van der Waals surface area (Å²) in [5.74, 6) is 0.409. The molecule has 4 nitrogen and oxygen atoms in total. The topological polar surface area (TPSA) is 39.9 Å². The van der Waals surface area contributed by atoms with Crippen LogP contribution in [0.5, 0.6) is 0 Å². The van der Waals surface area contributed by atoms with Gasteiger partial charge >= 0.3 is 0 Å². The van der Waals surface area contributed by atoms with Gasteiger partial charge < -0.3 is 4.74 Å². The zero-order chi connectivity index (χ0) is 15.1. The van der Waals surface area contributed by atoms with Crippen LogP contribution in [0, 0.1) is 0 Å². The number of fused-ring (bicyclic) bond motifs is 6. The summed E-state index contributed by atoms with van der Waals surface area (Å²) in [4.78, 5) is 4.06. The first kappa shape index (κ1) is 14.3. The van der Waals surface area contributed by atoms with E-state index in [9.17, 15) is 0 Å². The fourth-order valence-corrected chi connectivity index (χ4v) is 3.04. The summed E-state index contributed by atoms with van der Waals surface area (Å²) in [5, 5.41) is 4.28. The van der Waals surface area contributed by atoms with E-state index in [-0.39, 0.29) is 11.0 Å². The molecule has 2 bridgehead atoms. The molecule has 0 spiro atoms. The van der Waals surface area contributed by atoms with Crippen LogP contribution in [0.25, 0.3) is 0 Å². The van der Waals surface area contributed by atoms with Gasteiger partial charge in [0.25, 0.3) is 0 Å². The molecule has 2 unspecified atom stereocenters. The Bertz CT molecular complexity index is 603. The molecule has 4 heteroatoms. The van der Waals surface area contributed by atoms with Gasteiger partial charge in [-0.25, -0.2) is 4.98 Å². The molecule has 0 amide bonds. The van der Waals surface area contributed by atoms with Gasteiger partial charge in [0.1, 0.15) is 12.7 Å². The molecule has 1 aromatic carbocycles. The Labute approximate surface area is 126 Å². The molecular weight excluding hydrogens is 262 g/mol. The average Bonchev–Trinajstić information content (AvgIpc) is 2.97. The Morgan fingerprint density at radius 2 is 1.95 bits per heavy atom. The molecule has 2 atom stereocenters. The van der Waals surface area contributed by atoms with Gasteiger partial charge in [-0.1, -0.05) is 38.1 Å². The van der Waals surface area contributed by atoms with Crippen LogP contribution >= 0.6 is 0 Å². The Kier molecular flexibility index (Phi) is 3.36. The fourth-order valence-electron chi connectivity index (χ4n) is 3.04. The Hall–Kier alpha value is -1.68. The second-order valence-corrected chi connectivity index (χ2v) is 6.77. The second kappa shape index (κ2) is 4.95. The van der Waals surface area contributed by atoms with E-state index in [2.05, 4.69) is 62.0 Å². The molecule has 0 aliphatic carbocycles. The van der Waals surface area contributed by atoms with Crippen LogP contribution in [0.4, 0.5) is 0 Å². The summed E-state index contributed by atoms with van der Waals surface area (Å²) >= 11 is 0. The number of hydrogen-bond acceptors (Lipinski definition) is 3. The lowest BCUT2D eigenvalue weighted by Crippen LogP contribution is -2.50. The van der Waals surface area contributed by atoms with Crippen LogP contribution in [0.1, 0.15) is 44.7 Å². The third-order valence-electron chi connectivity index (χ3n) is 5.08. The zero-order valence-corrected chi connectivity index (χ0v) is 13.2. The minimum absolute atomic E-state index is 0.177. The van der Waals surface area contributed by atoms with Crippen molar-refractivity contribution in [2.24, 2.45) is 0 Å². The number of ether oxygens (including phenoxy) is 1. The highest BCUT2D eigenvalue weighted by Crippen LogP contribution is 2.41. The van der Waals surface area contributed by atoms with Crippen LogP contribution in [0.15, 0.2) is 36.9 Å². The van der Waals surface area contributed by atoms with E-state index >= 15 is 0 Å². The maximum atomic E-state index is 6.32. The van der Waals surface area contributed by atoms with Gasteiger partial charge in [0.2, 0.25) is 0 Å². The van der Waals surface area contributed by atoms with Crippen molar-refractivity contribution in [1.29, 1.82) is 0 Å². The maximum Gasteiger partial charge on any atom is 0.137 e. The molecule has 0 radical (unpaired) electrons. The number of nitrogens with zero attached hydrogens (tertiary/aromatic N) is 3.